The molecule has 0 bridgehead atoms. The summed E-state index contributed by atoms with van der Waals surface area (Å²) in [4.78, 5) is 14.9. The first-order chi connectivity index (χ1) is 6.74. The number of carboxylic acids is 1. The average Bonchev–Trinajstić information content (AvgIpc) is 2.56. The van der Waals surface area contributed by atoms with E-state index in [1.54, 1.807) is 6.07 Å². The third kappa shape index (κ3) is 1.16. The van der Waals surface area contributed by atoms with Gasteiger partial charge in [-0.05, 0) is 18.6 Å². The molecule has 1 N–H and O–H groups in total. The molecular weight excluding hydrogens is 180 g/mol. The minimum Gasteiger partial charge on any atom is -0.476 e. The first-order valence-corrected chi connectivity index (χ1v) is 4.43. The molecule has 14 heavy (non-hydrogen) atoms. The Kier molecular flexibility index (Phi) is 1.96. The van der Waals surface area contributed by atoms with E-state index in [2.05, 4.69) is 4.98 Å². The molecule has 2 heterocycles. The summed E-state index contributed by atoms with van der Waals surface area (Å²) in [5.74, 6) is -0.967. The number of fused-ring (bicyclic) bond motifs is 1. The van der Waals surface area contributed by atoms with Crippen molar-refractivity contribution in [1.29, 1.82) is 0 Å². The van der Waals surface area contributed by atoms with Gasteiger partial charge in [-0.25, -0.2) is 9.78 Å². The molecule has 0 aliphatic heterocycles. The van der Waals surface area contributed by atoms with Gasteiger partial charge in [-0.2, -0.15) is 0 Å². The van der Waals surface area contributed by atoms with E-state index in [9.17, 15) is 4.79 Å². The Hall–Kier alpha value is -1.84. The molecule has 0 unspecified atom stereocenters. The van der Waals surface area contributed by atoms with Gasteiger partial charge in [-0.15, -0.1) is 0 Å². The first kappa shape index (κ1) is 8.74. The van der Waals surface area contributed by atoms with Crippen molar-refractivity contribution in [2.45, 2.75) is 13.3 Å². The van der Waals surface area contributed by atoms with Gasteiger partial charge in [0.15, 0.2) is 5.69 Å². The maximum absolute atomic E-state index is 10.9. The van der Waals surface area contributed by atoms with E-state index in [0.29, 0.717) is 12.1 Å². The Balaban J connectivity index is 2.78. The van der Waals surface area contributed by atoms with Crippen LogP contribution in [0.1, 0.15) is 23.1 Å². The zero-order chi connectivity index (χ0) is 10.1. The summed E-state index contributed by atoms with van der Waals surface area (Å²) < 4.78 is 1.81. The quantitative estimate of drug-likeness (QED) is 0.782. The van der Waals surface area contributed by atoms with E-state index in [-0.39, 0.29) is 5.69 Å². The maximum atomic E-state index is 10.9. The lowest BCUT2D eigenvalue weighted by atomic mass is 10.2. The normalized spacial score (nSPS) is 10.6. The van der Waals surface area contributed by atoms with Crippen molar-refractivity contribution in [1.82, 2.24) is 9.38 Å². The van der Waals surface area contributed by atoms with E-state index in [4.69, 9.17) is 5.11 Å². The molecule has 4 nitrogen and oxygen atoms in total. The number of aromatic carboxylic acids is 1. The van der Waals surface area contributed by atoms with Crippen molar-refractivity contribution in [2.75, 3.05) is 0 Å². The van der Waals surface area contributed by atoms with Crippen molar-refractivity contribution >= 4 is 11.6 Å². The van der Waals surface area contributed by atoms with Crippen LogP contribution >= 0.6 is 0 Å². The summed E-state index contributed by atoms with van der Waals surface area (Å²) in [6, 6.07) is 5.50. The summed E-state index contributed by atoms with van der Waals surface area (Å²) >= 11 is 0. The minimum atomic E-state index is -0.967. The molecule has 0 aromatic carbocycles. The van der Waals surface area contributed by atoms with E-state index in [1.165, 1.54) is 0 Å². The van der Waals surface area contributed by atoms with Gasteiger partial charge in [0.25, 0.3) is 0 Å². The lowest BCUT2D eigenvalue weighted by molar-refractivity contribution is 0.0690. The molecule has 2 rings (SSSR count). The molecule has 0 radical (unpaired) electrons. The second-order valence-electron chi connectivity index (χ2n) is 2.99. The lowest BCUT2D eigenvalue weighted by Gasteiger charge is -1.97. The lowest BCUT2D eigenvalue weighted by Crippen LogP contribution is -2.02. The molecule has 0 spiro atoms. The van der Waals surface area contributed by atoms with Crippen molar-refractivity contribution < 1.29 is 9.90 Å². The van der Waals surface area contributed by atoms with Crippen LogP contribution in [-0.4, -0.2) is 20.5 Å². The summed E-state index contributed by atoms with van der Waals surface area (Å²) in [6.07, 6.45) is 2.49. The molecule has 0 saturated carbocycles. The zero-order valence-corrected chi connectivity index (χ0v) is 7.77. The molecule has 0 saturated heterocycles. The highest BCUT2D eigenvalue weighted by molar-refractivity contribution is 5.87. The summed E-state index contributed by atoms with van der Waals surface area (Å²) in [5, 5.41) is 8.92. The molecular formula is C10H10N2O2. The predicted molar refractivity (Wildman–Crippen MR) is 51.5 cm³/mol. The van der Waals surface area contributed by atoms with Crippen LogP contribution in [0, 0.1) is 0 Å². The first-order valence-electron chi connectivity index (χ1n) is 4.43. The number of rotatable bonds is 2. The van der Waals surface area contributed by atoms with Crippen molar-refractivity contribution in [3.63, 3.8) is 0 Å². The number of aryl methyl sites for hydroxylation is 1. The third-order valence-corrected chi connectivity index (χ3v) is 2.17. The van der Waals surface area contributed by atoms with Gasteiger partial charge in [0.2, 0.25) is 0 Å². The molecule has 0 amide bonds. The van der Waals surface area contributed by atoms with Crippen LogP contribution in [0.4, 0.5) is 0 Å². The van der Waals surface area contributed by atoms with Gasteiger partial charge in [0.05, 0.1) is 5.69 Å². The summed E-state index contributed by atoms with van der Waals surface area (Å²) in [6.45, 7) is 1.92. The summed E-state index contributed by atoms with van der Waals surface area (Å²) in [7, 11) is 0. The Morgan fingerprint density at radius 2 is 2.36 bits per heavy atom. The highest BCUT2D eigenvalue weighted by Gasteiger charge is 2.15. The molecule has 0 aliphatic rings. The number of carbonyl (C=O) groups is 1. The van der Waals surface area contributed by atoms with E-state index < -0.39 is 5.97 Å². The monoisotopic (exact) mass is 190 g/mol. The van der Waals surface area contributed by atoms with Crippen LogP contribution in [0.5, 0.6) is 0 Å². The SMILES string of the molecule is CCc1c(C(=O)O)nc2ccccn12. The predicted octanol–water partition coefficient (Wildman–Crippen LogP) is 1.59. The molecule has 2 aromatic heterocycles. The maximum Gasteiger partial charge on any atom is 0.356 e. The number of hydrogen-bond donors (Lipinski definition) is 1. The number of nitrogens with zero attached hydrogens (tertiary/aromatic N) is 2. The van der Waals surface area contributed by atoms with E-state index in [1.807, 2.05) is 29.7 Å². The molecule has 0 aliphatic carbocycles. The molecule has 72 valence electrons. The van der Waals surface area contributed by atoms with Crippen molar-refractivity contribution in [3.8, 4) is 0 Å². The van der Waals surface area contributed by atoms with Crippen LogP contribution in [-0.2, 0) is 6.42 Å². The Morgan fingerprint density at radius 3 is 3.00 bits per heavy atom. The van der Waals surface area contributed by atoms with Gasteiger partial charge < -0.3 is 9.51 Å². The van der Waals surface area contributed by atoms with Gasteiger partial charge in [-0.3, -0.25) is 0 Å². The standard InChI is InChI=1S/C10H10N2O2/c1-2-7-9(10(13)14)11-8-5-3-4-6-12(7)8/h3-6H,2H2,1H3,(H,13,14). The third-order valence-electron chi connectivity index (χ3n) is 2.17. The second-order valence-corrected chi connectivity index (χ2v) is 2.99. The Morgan fingerprint density at radius 1 is 1.57 bits per heavy atom. The van der Waals surface area contributed by atoms with Crippen LogP contribution < -0.4 is 0 Å². The Bertz CT molecular complexity index is 488. The molecule has 4 heteroatoms. The largest absolute Gasteiger partial charge is 0.476 e. The number of hydrogen-bond acceptors (Lipinski definition) is 2. The van der Waals surface area contributed by atoms with Crippen LogP contribution in [0.15, 0.2) is 24.4 Å². The minimum absolute atomic E-state index is 0.152. The average molecular weight is 190 g/mol. The number of carboxylic acid groups (broad SMARTS) is 1. The fraction of sp³-hybridized carbons (Fsp3) is 0.200. The van der Waals surface area contributed by atoms with Gasteiger partial charge in [0.1, 0.15) is 5.65 Å². The number of aromatic nitrogens is 2. The second kappa shape index (κ2) is 3.14. The van der Waals surface area contributed by atoms with Gasteiger partial charge >= 0.3 is 5.97 Å². The molecule has 2 aromatic rings. The van der Waals surface area contributed by atoms with E-state index >= 15 is 0 Å². The van der Waals surface area contributed by atoms with Crippen molar-refractivity contribution in [3.05, 3.63) is 35.8 Å². The topological polar surface area (TPSA) is 54.6 Å². The highest BCUT2D eigenvalue weighted by Crippen LogP contribution is 2.12. The zero-order valence-electron chi connectivity index (χ0n) is 7.77. The smallest absolute Gasteiger partial charge is 0.356 e. The van der Waals surface area contributed by atoms with Crippen LogP contribution in [0.3, 0.4) is 0 Å². The fourth-order valence-corrected chi connectivity index (χ4v) is 1.56. The Labute approximate surface area is 80.8 Å². The van der Waals surface area contributed by atoms with Crippen LogP contribution in [0.2, 0.25) is 0 Å². The van der Waals surface area contributed by atoms with Crippen LogP contribution in [0.25, 0.3) is 5.65 Å². The molecule has 0 fully saturated rings. The van der Waals surface area contributed by atoms with Gasteiger partial charge in [0, 0.05) is 6.20 Å². The highest BCUT2D eigenvalue weighted by atomic mass is 16.4. The van der Waals surface area contributed by atoms with Gasteiger partial charge in [-0.1, -0.05) is 13.0 Å². The number of imidazole rings is 1. The van der Waals surface area contributed by atoms with Crippen molar-refractivity contribution in [2.24, 2.45) is 0 Å². The van der Waals surface area contributed by atoms with E-state index in [0.717, 1.165) is 5.69 Å². The number of pyridine rings is 1. The fourth-order valence-electron chi connectivity index (χ4n) is 1.56. The molecule has 0 atom stereocenters. The summed E-state index contributed by atoms with van der Waals surface area (Å²) in [5.41, 5.74) is 1.58.